The highest BCUT2D eigenvalue weighted by Gasteiger charge is 2.23. The Labute approximate surface area is 120 Å². The van der Waals surface area contributed by atoms with Gasteiger partial charge in [0, 0.05) is 12.6 Å². The molecule has 0 aromatic carbocycles. The minimum atomic E-state index is 0.543. The summed E-state index contributed by atoms with van der Waals surface area (Å²) in [4.78, 5) is 0. The molecule has 0 aromatic rings. The highest BCUT2D eigenvalue weighted by Crippen LogP contribution is 2.30. The van der Waals surface area contributed by atoms with Crippen molar-refractivity contribution in [3.63, 3.8) is 0 Å². The predicted octanol–water partition coefficient (Wildman–Crippen LogP) is 4.39. The molecule has 1 aliphatic carbocycles. The SMILES string of the molecule is CC1CC(C)CC(OCCCCCCNC(C)C)C1. The average Bonchev–Trinajstić information content (AvgIpc) is 2.31. The number of nitrogens with one attached hydrogen (secondary N) is 1. The molecule has 2 heteroatoms. The van der Waals surface area contributed by atoms with Crippen LogP contribution < -0.4 is 5.32 Å². The Morgan fingerprint density at radius 2 is 1.58 bits per heavy atom. The second-order valence-corrected chi connectivity index (χ2v) is 6.93. The molecule has 19 heavy (non-hydrogen) atoms. The van der Waals surface area contributed by atoms with Crippen molar-refractivity contribution < 1.29 is 4.74 Å². The molecule has 2 atom stereocenters. The number of rotatable bonds is 9. The van der Waals surface area contributed by atoms with Crippen molar-refractivity contribution >= 4 is 0 Å². The molecule has 0 aromatic heterocycles. The summed E-state index contributed by atoms with van der Waals surface area (Å²) in [5, 5.41) is 3.47. The normalized spacial score (nSPS) is 27.9. The van der Waals surface area contributed by atoms with Gasteiger partial charge in [0.05, 0.1) is 6.10 Å². The maximum atomic E-state index is 6.05. The highest BCUT2D eigenvalue weighted by atomic mass is 16.5. The van der Waals surface area contributed by atoms with Crippen molar-refractivity contribution in [1.82, 2.24) is 5.32 Å². The van der Waals surface area contributed by atoms with Crippen LogP contribution in [0, 0.1) is 11.8 Å². The van der Waals surface area contributed by atoms with Crippen LogP contribution in [0.15, 0.2) is 0 Å². The molecule has 2 unspecified atom stereocenters. The van der Waals surface area contributed by atoms with E-state index in [9.17, 15) is 0 Å². The van der Waals surface area contributed by atoms with Gasteiger partial charge in [-0.05, 0) is 50.5 Å². The second kappa shape index (κ2) is 9.77. The maximum Gasteiger partial charge on any atom is 0.0580 e. The molecule has 0 amide bonds. The topological polar surface area (TPSA) is 21.3 Å². The van der Waals surface area contributed by atoms with Crippen LogP contribution in [0.25, 0.3) is 0 Å². The monoisotopic (exact) mass is 269 g/mol. The summed E-state index contributed by atoms with van der Waals surface area (Å²) in [5.74, 6) is 1.71. The first-order valence-corrected chi connectivity index (χ1v) is 8.43. The Hall–Kier alpha value is -0.0800. The number of unbranched alkanes of at least 4 members (excludes halogenated alkanes) is 3. The fraction of sp³-hybridized carbons (Fsp3) is 1.00. The zero-order valence-corrected chi connectivity index (χ0v) is 13.6. The van der Waals surface area contributed by atoms with Crippen molar-refractivity contribution in [2.45, 2.75) is 84.8 Å². The third kappa shape index (κ3) is 8.65. The lowest BCUT2D eigenvalue weighted by atomic mass is 9.82. The van der Waals surface area contributed by atoms with E-state index < -0.39 is 0 Å². The van der Waals surface area contributed by atoms with Crippen LogP contribution in [0.2, 0.25) is 0 Å². The van der Waals surface area contributed by atoms with E-state index in [1.807, 2.05) is 0 Å². The Morgan fingerprint density at radius 1 is 0.947 bits per heavy atom. The number of ether oxygens (including phenoxy) is 1. The van der Waals surface area contributed by atoms with Crippen LogP contribution in [0.3, 0.4) is 0 Å². The summed E-state index contributed by atoms with van der Waals surface area (Å²) in [6.45, 7) is 11.3. The summed E-state index contributed by atoms with van der Waals surface area (Å²) in [6.07, 6.45) is 9.68. The van der Waals surface area contributed by atoms with Gasteiger partial charge in [0.25, 0.3) is 0 Å². The first-order chi connectivity index (χ1) is 9.08. The molecule has 0 bridgehead atoms. The molecule has 1 rings (SSSR count). The maximum absolute atomic E-state index is 6.05. The van der Waals surface area contributed by atoms with Gasteiger partial charge in [0.2, 0.25) is 0 Å². The van der Waals surface area contributed by atoms with Crippen molar-refractivity contribution in [1.29, 1.82) is 0 Å². The van der Waals surface area contributed by atoms with Crippen LogP contribution in [-0.4, -0.2) is 25.3 Å². The van der Waals surface area contributed by atoms with Gasteiger partial charge in [-0.3, -0.25) is 0 Å². The van der Waals surface area contributed by atoms with Gasteiger partial charge in [-0.25, -0.2) is 0 Å². The molecule has 1 saturated carbocycles. The van der Waals surface area contributed by atoms with Gasteiger partial charge in [0.15, 0.2) is 0 Å². The van der Waals surface area contributed by atoms with Gasteiger partial charge < -0.3 is 10.1 Å². The van der Waals surface area contributed by atoms with Crippen LogP contribution in [0.4, 0.5) is 0 Å². The van der Waals surface area contributed by atoms with E-state index in [0.717, 1.165) is 25.0 Å². The smallest absolute Gasteiger partial charge is 0.0580 e. The largest absolute Gasteiger partial charge is 0.378 e. The molecule has 1 N–H and O–H groups in total. The third-order valence-electron chi connectivity index (χ3n) is 4.11. The minimum Gasteiger partial charge on any atom is -0.378 e. The number of hydrogen-bond donors (Lipinski definition) is 1. The molecule has 0 radical (unpaired) electrons. The Kier molecular flexibility index (Phi) is 8.72. The Bertz CT molecular complexity index is 207. The standard InChI is InChI=1S/C17H35NO/c1-14(2)18-9-7-5-6-8-10-19-17-12-15(3)11-16(4)13-17/h14-18H,5-13H2,1-4H3. The summed E-state index contributed by atoms with van der Waals surface area (Å²) in [5.41, 5.74) is 0. The van der Waals surface area contributed by atoms with Crippen molar-refractivity contribution in [3.8, 4) is 0 Å². The fourth-order valence-corrected chi connectivity index (χ4v) is 3.23. The van der Waals surface area contributed by atoms with Crippen LogP contribution in [-0.2, 0) is 4.74 Å². The molecule has 1 aliphatic rings. The van der Waals surface area contributed by atoms with Gasteiger partial charge in [-0.1, -0.05) is 40.5 Å². The average molecular weight is 269 g/mol. The molecule has 114 valence electrons. The predicted molar refractivity (Wildman–Crippen MR) is 83.5 cm³/mol. The van der Waals surface area contributed by atoms with Crippen molar-refractivity contribution in [2.24, 2.45) is 11.8 Å². The summed E-state index contributed by atoms with van der Waals surface area (Å²) >= 11 is 0. The third-order valence-corrected chi connectivity index (χ3v) is 4.11. The lowest BCUT2D eigenvalue weighted by Gasteiger charge is -2.31. The molecule has 0 heterocycles. The highest BCUT2D eigenvalue weighted by molar-refractivity contribution is 4.75. The molecule has 0 saturated heterocycles. The van der Waals surface area contributed by atoms with Crippen LogP contribution in [0.1, 0.15) is 72.6 Å². The summed E-state index contributed by atoms with van der Waals surface area (Å²) < 4.78 is 6.05. The van der Waals surface area contributed by atoms with E-state index in [0.29, 0.717) is 12.1 Å². The molecule has 0 spiro atoms. The fourth-order valence-electron chi connectivity index (χ4n) is 3.23. The van der Waals surface area contributed by atoms with Crippen molar-refractivity contribution in [3.05, 3.63) is 0 Å². The van der Waals surface area contributed by atoms with Gasteiger partial charge in [0.1, 0.15) is 0 Å². The van der Waals surface area contributed by atoms with E-state index in [1.165, 1.54) is 44.9 Å². The Morgan fingerprint density at radius 3 is 2.21 bits per heavy atom. The van der Waals surface area contributed by atoms with Crippen LogP contribution >= 0.6 is 0 Å². The quantitative estimate of drug-likeness (QED) is 0.627. The molecular formula is C17H35NO. The van der Waals surface area contributed by atoms with E-state index in [-0.39, 0.29) is 0 Å². The summed E-state index contributed by atoms with van der Waals surface area (Å²) in [7, 11) is 0. The second-order valence-electron chi connectivity index (χ2n) is 6.93. The molecular weight excluding hydrogens is 234 g/mol. The van der Waals surface area contributed by atoms with E-state index in [4.69, 9.17) is 4.74 Å². The lowest BCUT2D eigenvalue weighted by molar-refractivity contribution is -0.000618. The first-order valence-electron chi connectivity index (χ1n) is 8.43. The molecule has 2 nitrogen and oxygen atoms in total. The first kappa shape index (κ1) is 17.0. The van der Waals surface area contributed by atoms with Crippen LogP contribution in [0.5, 0.6) is 0 Å². The molecule has 1 fully saturated rings. The van der Waals surface area contributed by atoms with Gasteiger partial charge >= 0.3 is 0 Å². The Balaban J connectivity index is 1.90. The van der Waals surface area contributed by atoms with Crippen molar-refractivity contribution in [2.75, 3.05) is 13.2 Å². The zero-order valence-electron chi connectivity index (χ0n) is 13.6. The lowest BCUT2D eigenvalue weighted by Crippen LogP contribution is -2.26. The van der Waals surface area contributed by atoms with E-state index >= 15 is 0 Å². The zero-order chi connectivity index (χ0) is 14.1. The van der Waals surface area contributed by atoms with Gasteiger partial charge in [-0.15, -0.1) is 0 Å². The van der Waals surface area contributed by atoms with E-state index in [2.05, 4.69) is 33.0 Å². The number of hydrogen-bond acceptors (Lipinski definition) is 2. The summed E-state index contributed by atoms with van der Waals surface area (Å²) in [6, 6.07) is 0.624. The molecule has 0 aliphatic heterocycles. The minimum absolute atomic E-state index is 0.543. The van der Waals surface area contributed by atoms with Gasteiger partial charge in [-0.2, -0.15) is 0 Å². The van der Waals surface area contributed by atoms with E-state index in [1.54, 1.807) is 0 Å².